The van der Waals surface area contributed by atoms with E-state index in [0.29, 0.717) is 11.3 Å². The standard InChI is InChI=1S/C15H17FN4O2/c1-22-19-15(21)13(9-11-7-8-14(16)18-10-11)20(17)12-5-3-2-4-6-12/h2-8,10,13H,9,17H2,1H3,(H,19,21)/t13-/m0/s1. The zero-order chi connectivity index (χ0) is 15.9. The van der Waals surface area contributed by atoms with Crippen LogP contribution < -0.4 is 16.3 Å². The zero-order valence-electron chi connectivity index (χ0n) is 12.1. The molecule has 116 valence electrons. The molecule has 7 heteroatoms. The van der Waals surface area contributed by atoms with Crippen LogP contribution in [0.1, 0.15) is 5.56 Å². The highest BCUT2D eigenvalue weighted by Gasteiger charge is 2.25. The largest absolute Gasteiger partial charge is 0.298 e. The summed E-state index contributed by atoms with van der Waals surface area (Å²) in [5, 5.41) is 1.34. The number of anilines is 1. The lowest BCUT2D eigenvalue weighted by atomic mass is 10.1. The molecule has 1 heterocycles. The summed E-state index contributed by atoms with van der Waals surface area (Å²) in [5.41, 5.74) is 3.63. The number of carbonyl (C=O) groups is 1. The summed E-state index contributed by atoms with van der Waals surface area (Å²) in [5.74, 6) is 5.09. The maximum atomic E-state index is 12.9. The highest BCUT2D eigenvalue weighted by atomic mass is 19.1. The number of amides is 1. The van der Waals surface area contributed by atoms with Crippen LogP contribution in [0.15, 0.2) is 48.7 Å². The summed E-state index contributed by atoms with van der Waals surface area (Å²) < 4.78 is 12.9. The fourth-order valence-corrected chi connectivity index (χ4v) is 2.02. The highest BCUT2D eigenvalue weighted by molar-refractivity contribution is 5.84. The van der Waals surface area contributed by atoms with Crippen molar-refractivity contribution in [2.24, 2.45) is 5.84 Å². The summed E-state index contributed by atoms with van der Waals surface area (Å²) in [4.78, 5) is 20.4. The van der Waals surface area contributed by atoms with E-state index in [0.717, 1.165) is 0 Å². The first-order valence-electron chi connectivity index (χ1n) is 6.64. The van der Waals surface area contributed by atoms with Gasteiger partial charge in [-0.2, -0.15) is 4.39 Å². The van der Waals surface area contributed by atoms with Gasteiger partial charge in [0, 0.05) is 12.6 Å². The molecule has 1 aromatic heterocycles. The number of carbonyl (C=O) groups excluding carboxylic acids is 1. The number of para-hydroxylation sites is 1. The summed E-state index contributed by atoms with van der Waals surface area (Å²) in [7, 11) is 1.35. The van der Waals surface area contributed by atoms with Gasteiger partial charge in [-0.05, 0) is 23.8 Å². The number of halogens is 1. The lowest BCUT2D eigenvalue weighted by Gasteiger charge is -2.28. The van der Waals surface area contributed by atoms with Gasteiger partial charge in [0.05, 0.1) is 12.8 Å². The molecule has 1 atom stereocenters. The van der Waals surface area contributed by atoms with Crippen molar-refractivity contribution in [1.82, 2.24) is 10.5 Å². The van der Waals surface area contributed by atoms with E-state index in [1.807, 2.05) is 18.2 Å². The summed E-state index contributed by atoms with van der Waals surface area (Å²) in [6.07, 6.45) is 1.63. The topological polar surface area (TPSA) is 80.5 Å². The van der Waals surface area contributed by atoms with E-state index in [9.17, 15) is 9.18 Å². The second-order valence-electron chi connectivity index (χ2n) is 4.62. The first kappa shape index (κ1) is 15.9. The molecule has 1 aromatic carbocycles. The number of nitrogens with zero attached hydrogens (tertiary/aromatic N) is 2. The predicted octanol–water partition coefficient (Wildman–Crippen LogP) is 1.19. The molecule has 0 aliphatic rings. The number of nitrogens with two attached hydrogens (primary N) is 1. The average molecular weight is 304 g/mol. The van der Waals surface area contributed by atoms with Gasteiger partial charge >= 0.3 is 0 Å². The molecule has 0 saturated carbocycles. The number of hydrogen-bond acceptors (Lipinski definition) is 5. The second-order valence-corrected chi connectivity index (χ2v) is 4.62. The van der Waals surface area contributed by atoms with Crippen molar-refractivity contribution < 1.29 is 14.0 Å². The van der Waals surface area contributed by atoms with Crippen molar-refractivity contribution in [3.05, 3.63) is 60.2 Å². The highest BCUT2D eigenvalue weighted by Crippen LogP contribution is 2.16. The van der Waals surface area contributed by atoms with Crippen LogP contribution >= 0.6 is 0 Å². The number of benzene rings is 1. The number of rotatable bonds is 6. The third kappa shape index (κ3) is 4.00. The minimum Gasteiger partial charge on any atom is -0.298 e. The van der Waals surface area contributed by atoms with Crippen LogP contribution in [0, 0.1) is 5.95 Å². The molecule has 0 fully saturated rings. The molecule has 6 nitrogen and oxygen atoms in total. The van der Waals surface area contributed by atoms with Crippen molar-refractivity contribution in [2.75, 3.05) is 12.1 Å². The van der Waals surface area contributed by atoms with Crippen LogP contribution in [-0.2, 0) is 16.1 Å². The Bertz CT molecular complexity index is 607. The third-order valence-electron chi connectivity index (χ3n) is 3.11. The van der Waals surface area contributed by atoms with E-state index < -0.39 is 17.9 Å². The van der Waals surface area contributed by atoms with Crippen LogP contribution in [-0.4, -0.2) is 24.0 Å². The smallest absolute Gasteiger partial charge is 0.268 e. The van der Waals surface area contributed by atoms with Gasteiger partial charge in [0.15, 0.2) is 0 Å². The number of aromatic nitrogens is 1. The maximum Gasteiger partial charge on any atom is 0.268 e. The Morgan fingerprint density at radius 1 is 1.36 bits per heavy atom. The van der Waals surface area contributed by atoms with Crippen LogP contribution in [0.4, 0.5) is 10.1 Å². The minimum absolute atomic E-state index is 0.258. The first-order chi connectivity index (χ1) is 10.6. The molecule has 1 amide bonds. The fraction of sp³-hybridized carbons (Fsp3) is 0.200. The van der Waals surface area contributed by atoms with Gasteiger partial charge in [0.2, 0.25) is 5.95 Å². The number of hydrazine groups is 1. The lowest BCUT2D eigenvalue weighted by molar-refractivity contribution is -0.132. The average Bonchev–Trinajstić information content (AvgIpc) is 2.54. The van der Waals surface area contributed by atoms with E-state index in [1.54, 1.807) is 18.2 Å². The quantitative estimate of drug-likeness (QED) is 0.476. The molecule has 0 radical (unpaired) electrons. The Labute approximate surface area is 127 Å². The third-order valence-corrected chi connectivity index (χ3v) is 3.11. The van der Waals surface area contributed by atoms with Gasteiger partial charge in [0.25, 0.3) is 5.91 Å². The molecule has 0 saturated heterocycles. The lowest BCUT2D eigenvalue weighted by Crippen LogP contribution is -2.51. The molecule has 2 rings (SSSR count). The number of nitrogens with one attached hydrogen (secondary N) is 1. The molecule has 3 N–H and O–H groups in total. The van der Waals surface area contributed by atoms with E-state index in [1.165, 1.54) is 24.4 Å². The number of hydrogen-bond donors (Lipinski definition) is 2. The minimum atomic E-state index is -0.727. The van der Waals surface area contributed by atoms with Gasteiger partial charge in [0.1, 0.15) is 6.04 Å². The normalized spacial score (nSPS) is 11.8. The molecule has 0 spiro atoms. The zero-order valence-corrected chi connectivity index (χ0v) is 12.1. The fourth-order valence-electron chi connectivity index (χ4n) is 2.02. The number of pyridine rings is 1. The Morgan fingerprint density at radius 2 is 2.09 bits per heavy atom. The molecule has 22 heavy (non-hydrogen) atoms. The molecule has 0 unspecified atom stereocenters. The predicted molar refractivity (Wildman–Crippen MR) is 79.9 cm³/mol. The van der Waals surface area contributed by atoms with Gasteiger partial charge in [-0.1, -0.05) is 24.3 Å². The summed E-state index contributed by atoms with van der Waals surface area (Å²) in [6, 6.07) is 11.1. The Hall–Kier alpha value is -2.51. The van der Waals surface area contributed by atoms with Crippen molar-refractivity contribution in [3.63, 3.8) is 0 Å². The van der Waals surface area contributed by atoms with Crippen LogP contribution in [0.25, 0.3) is 0 Å². The summed E-state index contributed by atoms with van der Waals surface area (Å²) in [6.45, 7) is 0. The summed E-state index contributed by atoms with van der Waals surface area (Å²) >= 11 is 0. The molecule has 0 aliphatic heterocycles. The van der Waals surface area contributed by atoms with Crippen molar-refractivity contribution in [3.8, 4) is 0 Å². The van der Waals surface area contributed by atoms with Crippen molar-refractivity contribution >= 4 is 11.6 Å². The van der Waals surface area contributed by atoms with Gasteiger partial charge < -0.3 is 0 Å². The van der Waals surface area contributed by atoms with Crippen molar-refractivity contribution in [1.29, 1.82) is 0 Å². The maximum absolute atomic E-state index is 12.9. The van der Waals surface area contributed by atoms with Gasteiger partial charge in [-0.15, -0.1) is 0 Å². The first-order valence-corrected chi connectivity index (χ1v) is 6.64. The van der Waals surface area contributed by atoms with E-state index >= 15 is 0 Å². The molecule has 0 aliphatic carbocycles. The Morgan fingerprint density at radius 3 is 2.68 bits per heavy atom. The molecular formula is C15H17FN4O2. The Kier molecular flexibility index (Phi) is 5.40. The monoisotopic (exact) mass is 304 g/mol. The Balaban J connectivity index is 2.22. The second kappa shape index (κ2) is 7.48. The molecule has 0 bridgehead atoms. The number of hydroxylamine groups is 1. The van der Waals surface area contributed by atoms with Crippen molar-refractivity contribution in [2.45, 2.75) is 12.5 Å². The van der Waals surface area contributed by atoms with E-state index in [2.05, 4.69) is 15.3 Å². The van der Waals surface area contributed by atoms with E-state index in [4.69, 9.17) is 5.84 Å². The van der Waals surface area contributed by atoms with Crippen LogP contribution in [0.3, 0.4) is 0 Å². The van der Waals surface area contributed by atoms with Gasteiger partial charge in [-0.3, -0.25) is 14.6 Å². The molecular weight excluding hydrogens is 287 g/mol. The van der Waals surface area contributed by atoms with E-state index in [-0.39, 0.29) is 6.42 Å². The molecule has 2 aromatic rings. The SMILES string of the molecule is CONC(=O)[C@H](Cc1ccc(F)nc1)N(N)c1ccccc1. The van der Waals surface area contributed by atoms with Gasteiger partial charge in [-0.25, -0.2) is 16.3 Å². The van der Waals surface area contributed by atoms with Crippen LogP contribution in [0.5, 0.6) is 0 Å². The van der Waals surface area contributed by atoms with Crippen LogP contribution in [0.2, 0.25) is 0 Å².